The Morgan fingerprint density at radius 1 is 0.541 bits per heavy atom. The molecule has 0 bridgehead atoms. The highest BCUT2D eigenvalue weighted by Gasteiger charge is 2.31. The van der Waals surface area contributed by atoms with Crippen LogP contribution in [-0.2, 0) is 36.8 Å². The number of rotatable bonds is 35. The average molecular weight is 849 g/mol. The molecule has 0 aliphatic heterocycles. The summed E-state index contributed by atoms with van der Waals surface area (Å²) in [6, 6.07) is 10.7. The third-order valence-corrected chi connectivity index (χ3v) is 10.8. The van der Waals surface area contributed by atoms with E-state index >= 15 is 0 Å². The molecule has 0 aliphatic carbocycles. The number of aromatic hydroxyl groups is 1. The van der Waals surface area contributed by atoms with E-state index in [-0.39, 0.29) is 37.3 Å². The summed E-state index contributed by atoms with van der Waals surface area (Å²) in [6.07, 6.45) is 22.7. The number of amides is 4. The largest absolute Gasteiger partial charge is 0.508 e. The fourth-order valence-corrected chi connectivity index (χ4v) is 7.09. The summed E-state index contributed by atoms with van der Waals surface area (Å²) in [4.78, 5) is 67.1. The number of carbonyl (C=O) groups is 5. The monoisotopic (exact) mass is 849 g/mol. The molecule has 13 nitrogen and oxygen atoms in total. The van der Waals surface area contributed by atoms with Gasteiger partial charge in [-0.15, -0.1) is 0 Å². The third-order valence-electron chi connectivity index (χ3n) is 10.8. The van der Waals surface area contributed by atoms with Crippen LogP contribution in [-0.4, -0.2) is 77.1 Å². The Hall–Kier alpha value is -4.75. The quantitative estimate of drug-likeness (QED) is 0.0280. The summed E-state index contributed by atoms with van der Waals surface area (Å²) in [6.45, 7) is 3.04. The first-order valence-electron chi connectivity index (χ1n) is 22.9. The molecule has 340 valence electrons. The van der Waals surface area contributed by atoms with Crippen molar-refractivity contribution in [3.63, 3.8) is 0 Å². The normalized spacial score (nSPS) is 13.2. The fraction of sp³-hybridized carbons (Fsp3) is 0.604. The molecule has 4 amide bonds. The summed E-state index contributed by atoms with van der Waals surface area (Å²) in [7, 11) is 0. The number of nitrogens with two attached hydrogens (primary N) is 2. The number of nitrogens with one attached hydrogen (secondary N) is 4. The number of aliphatic carboxylic acids is 1. The van der Waals surface area contributed by atoms with Crippen LogP contribution in [0.15, 0.2) is 66.7 Å². The Balaban J connectivity index is 2.08. The van der Waals surface area contributed by atoms with Crippen LogP contribution in [0.4, 0.5) is 0 Å². The molecule has 0 aromatic heterocycles. The first-order valence-corrected chi connectivity index (χ1v) is 22.9. The van der Waals surface area contributed by atoms with E-state index in [9.17, 15) is 34.2 Å². The van der Waals surface area contributed by atoms with Crippen LogP contribution in [0, 0.1) is 0 Å². The number of hydrogen-bond acceptors (Lipinski definition) is 8. The Kier molecular flexibility index (Phi) is 28.3. The van der Waals surface area contributed by atoms with Gasteiger partial charge in [0.15, 0.2) is 0 Å². The smallest absolute Gasteiger partial charge is 0.326 e. The lowest BCUT2D eigenvalue weighted by Gasteiger charge is -2.26. The molecule has 0 saturated carbocycles. The van der Waals surface area contributed by atoms with Gasteiger partial charge in [-0.3, -0.25) is 19.2 Å². The molecule has 10 N–H and O–H groups in total. The highest BCUT2D eigenvalue weighted by molar-refractivity contribution is 5.95. The Morgan fingerprint density at radius 2 is 1.00 bits per heavy atom. The highest BCUT2D eigenvalue weighted by Crippen LogP contribution is 2.14. The van der Waals surface area contributed by atoms with Gasteiger partial charge in [0.05, 0.1) is 0 Å². The first kappa shape index (κ1) is 52.4. The lowest BCUT2D eigenvalue weighted by atomic mass is 10.0. The van der Waals surface area contributed by atoms with Gasteiger partial charge in [-0.25, -0.2) is 4.79 Å². The standard InChI is InChI=1S/C48H76N6O7/c1-2-3-4-5-6-7-8-9-10-11-12-13-14-15-19-28-44(56)51-40(26-20-22-33-49)45(57)53-42(35-37-24-17-16-18-25-37)47(59)54-43(36-38-29-31-39(55)32-30-38)46(58)52-41(48(60)61)27-21-23-34-50/h9-10,16-18,24-25,29-32,40-43,55H,2-8,11-15,19-23,26-28,33-36,49-50H2,1H3,(H,51,56)(H,52,58)(H,53,57)(H,54,59)(H,60,61)/b10-9+/t40-,41-,42-,43-/m0/s1. The van der Waals surface area contributed by atoms with Crippen molar-refractivity contribution >= 4 is 29.6 Å². The number of phenolic OH excluding ortho intramolecular Hbond substituents is 1. The van der Waals surface area contributed by atoms with Gasteiger partial charge in [-0.1, -0.05) is 113 Å². The van der Waals surface area contributed by atoms with E-state index < -0.39 is 47.9 Å². The van der Waals surface area contributed by atoms with E-state index in [1.165, 1.54) is 50.7 Å². The van der Waals surface area contributed by atoms with Crippen molar-refractivity contribution in [3.05, 3.63) is 77.9 Å². The van der Waals surface area contributed by atoms with E-state index in [0.29, 0.717) is 57.2 Å². The number of carboxylic acids is 1. The number of unbranched alkanes of at least 4 members (excludes halogenated alkanes) is 13. The molecule has 13 heteroatoms. The first-order chi connectivity index (χ1) is 29.6. The van der Waals surface area contributed by atoms with Crippen LogP contribution in [0.1, 0.15) is 146 Å². The van der Waals surface area contributed by atoms with Crippen LogP contribution >= 0.6 is 0 Å². The predicted octanol–water partition coefficient (Wildman–Crippen LogP) is 6.50. The molecule has 61 heavy (non-hydrogen) atoms. The van der Waals surface area contributed by atoms with Gasteiger partial charge in [-0.05, 0) is 107 Å². The molecule has 0 fully saturated rings. The van der Waals surface area contributed by atoms with Gasteiger partial charge in [0.25, 0.3) is 0 Å². The van der Waals surface area contributed by atoms with Crippen molar-refractivity contribution in [1.29, 1.82) is 0 Å². The maximum atomic E-state index is 14.2. The van der Waals surface area contributed by atoms with E-state index in [4.69, 9.17) is 11.5 Å². The third kappa shape index (κ3) is 24.3. The average Bonchev–Trinajstić information content (AvgIpc) is 3.24. The van der Waals surface area contributed by atoms with Crippen molar-refractivity contribution in [2.75, 3.05) is 13.1 Å². The van der Waals surface area contributed by atoms with Gasteiger partial charge < -0.3 is 42.9 Å². The topological polar surface area (TPSA) is 226 Å². The summed E-state index contributed by atoms with van der Waals surface area (Å²) in [5.41, 5.74) is 12.7. The van der Waals surface area contributed by atoms with Crippen LogP contribution in [0.3, 0.4) is 0 Å². The van der Waals surface area contributed by atoms with E-state index in [1.807, 2.05) is 30.3 Å². The Morgan fingerprint density at radius 3 is 1.52 bits per heavy atom. The lowest BCUT2D eigenvalue weighted by Crippen LogP contribution is -2.58. The SMILES string of the molecule is CCCCCCCC/C=C/CCCCCCCC(=O)N[C@@H](CCCCN)C(=O)N[C@@H](Cc1ccccc1)C(=O)N[C@@H](Cc1ccc(O)cc1)C(=O)N[C@@H](CCCCN)C(=O)O. The van der Waals surface area contributed by atoms with Crippen molar-refractivity contribution in [3.8, 4) is 5.75 Å². The van der Waals surface area contributed by atoms with Crippen molar-refractivity contribution in [2.24, 2.45) is 11.5 Å². The molecule has 2 rings (SSSR count). The molecule has 0 heterocycles. The minimum Gasteiger partial charge on any atom is -0.508 e. The molecular weight excluding hydrogens is 773 g/mol. The van der Waals surface area contributed by atoms with Gasteiger partial charge in [0.1, 0.15) is 29.9 Å². The Labute approximate surface area is 364 Å². The second-order valence-corrected chi connectivity index (χ2v) is 16.1. The van der Waals surface area contributed by atoms with Crippen molar-refractivity contribution < 1.29 is 34.2 Å². The van der Waals surface area contributed by atoms with Crippen molar-refractivity contribution in [1.82, 2.24) is 21.3 Å². The molecule has 4 atom stereocenters. The van der Waals surface area contributed by atoms with Gasteiger partial charge in [0, 0.05) is 19.3 Å². The number of carbonyl (C=O) groups excluding carboxylic acids is 4. The summed E-state index contributed by atoms with van der Waals surface area (Å²) < 4.78 is 0. The number of benzene rings is 2. The van der Waals surface area contributed by atoms with Crippen LogP contribution < -0.4 is 32.7 Å². The number of phenols is 1. The van der Waals surface area contributed by atoms with Gasteiger partial charge >= 0.3 is 5.97 Å². The minimum atomic E-state index is -1.23. The summed E-state index contributed by atoms with van der Waals surface area (Å²) >= 11 is 0. The molecule has 0 aliphatic rings. The van der Waals surface area contributed by atoms with Gasteiger partial charge in [-0.2, -0.15) is 0 Å². The highest BCUT2D eigenvalue weighted by atomic mass is 16.4. The second-order valence-electron chi connectivity index (χ2n) is 16.1. The zero-order chi connectivity index (χ0) is 44.5. The van der Waals surface area contributed by atoms with E-state index in [1.54, 1.807) is 12.1 Å². The van der Waals surface area contributed by atoms with Crippen LogP contribution in [0.5, 0.6) is 5.75 Å². The predicted molar refractivity (Wildman–Crippen MR) is 243 cm³/mol. The molecule has 0 saturated heterocycles. The zero-order valence-electron chi connectivity index (χ0n) is 36.7. The number of carboxylic acid groups (broad SMARTS) is 1. The van der Waals surface area contributed by atoms with E-state index in [0.717, 1.165) is 44.1 Å². The van der Waals surface area contributed by atoms with E-state index in [2.05, 4.69) is 40.3 Å². The van der Waals surface area contributed by atoms with Crippen LogP contribution in [0.2, 0.25) is 0 Å². The lowest BCUT2D eigenvalue weighted by molar-refractivity contribution is -0.142. The maximum absolute atomic E-state index is 14.2. The van der Waals surface area contributed by atoms with Crippen LogP contribution in [0.25, 0.3) is 0 Å². The Bertz CT molecular complexity index is 1560. The molecule has 0 spiro atoms. The number of allylic oxidation sites excluding steroid dienone is 2. The molecule has 2 aromatic rings. The minimum absolute atomic E-state index is 0.0195. The molecule has 2 aromatic carbocycles. The fourth-order valence-electron chi connectivity index (χ4n) is 7.09. The zero-order valence-corrected chi connectivity index (χ0v) is 36.7. The van der Waals surface area contributed by atoms with Crippen molar-refractivity contribution in [2.45, 2.75) is 172 Å². The summed E-state index contributed by atoms with van der Waals surface area (Å²) in [5.74, 6) is -3.34. The maximum Gasteiger partial charge on any atom is 0.326 e. The van der Waals surface area contributed by atoms with Gasteiger partial charge in [0.2, 0.25) is 23.6 Å². The molecular formula is C48H76N6O7. The number of hydrogen-bond donors (Lipinski definition) is 8. The molecule has 0 radical (unpaired) electrons. The second kappa shape index (κ2) is 32.9. The summed E-state index contributed by atoms with van der Waals surface area (Å²) in [5, 5.41) is 30.8. The molecule has 0 unspecified atom stereocenters.